The van der Waals surface area contributed by atoms with Crippen molar-refractivity contribution in [1.82, 2.24) is 10.2 Å². The van der Waals surface area contributed by atoms with Gasteiger partial charge in [0.15, 0.2) is 12.4 Å². The number of esters is 1. The monoisotopic (exact) mass is 387 g/mol. The van der Waals surface area contributed by atoms with Crippen LogP contribution >= 0.6 is 12.4 Å². The molecule has 146 valence electrons. The predicted octanol–water partition coefficient (Wildman–Crippen LogP) is 2.00. The number of methoxy groups -OCH3 is 1. The minimum Gasteiger partial charge on any atom is -0.475 e. The van der Waals surface area contributed by atoms with Gasteiger partial charge < -0.3 is 14.8 Å². The normalized spacial score (nSPS) is 15.2. The van der Waals surface area contributed by atoms with Crippen molar-refractivity contribution in [3.05, 3.63) is 33.9 Å². The Hall–Kier alpha value is -1.90. The van der Waals surface area contributed by atoms with Crippen LogP contribution in [-0.2, 0) is 16.1 Å². The Morgan fingerprint density at radius 2 is 2.08 bits per heavy atom. The number of carbonyl (C=O) groups excluding carboxylic acids is 1. The average molecular weight is 388 g/mol. The van der Waals surface area contributed by atoms with Crippen molar-refractivity contribution in [2.45, 2.75) is 19.4 Å². The van der Waals surface area contributed by atoms with Gasteiger partial charge in [0.2, 0.25) is 0 Å². The van der Waals surface area contributed by atoms with E-state index in [4.69, 9.17) is 4.74 Å². The van der Waals surface area contributed by atoms with E-state index in [2.05, 4.69) is 15.0 Å². The Bertz CT molecular complexity index is 606. The van der Waals surface area contributed by atoms with E-state index in [0.29, 0.717) is 12.5 Å². The summed E-state index contributed by atoms with van der Waals surface area (Å²) in [5.74, 6) is 0.194. The molecule has 1 aromatic rings. The van der Waals surface area contributed by atoms with Crippen LogP contribution in [0.2, 0.25) is 0 Å². The van der Waals surface area contributed by atoms with Gasteiger partial charge in [0.1, 0.15) is 0 Å². The van der Waals surface area contributed by atoms with E-state index in [9.17, 15) is 14.9 Å². The van der Waals surface area contributed by atoms with E-state index < -0.39 is 10.9 Å². The topological polar surface area (TPSA) is 93.9 Å². The lowest BCUT2D eigenvalue weighted by Crippen LogP contribution is -2.36. The van der Waals surface area contributed by atoms with Gasteiger partial charge in [-0.1, -0.05) is 6.07 Å². The molecule has 0 aliphatic carbocycles. The fourth-order valence-corrected chi connectivity index (χ4v) is 3.02. The first-order valence-electron chi connectivity index (χ1n) is 8.37. The van der Waals surface area contributed by atoms with Gasteiger partial charge in [-0.05, 0) is 57.1 Å². The molecule has 9 heteroatoms. The highest BCUT2D eigenvalue weighted by molar-refractivity contribution is 5.85. The summed E-state index contributed by atoms with van der Waals surface area (Å²) in [6.45, 7) is 3.33. The maximum Gasteiger partial charge on any atom is 0.343 e. The van der Waals surface area contributed by atoms with Gasteiger partial charge in [-0.25, -0.2) is 4.79 Å². The number of ether oxygens (including phenoxy) is 2. The van der Waals surface area contributed by atoms with Crippen LogP contribution in [0.1, 0.15) is 18.4 Å². The Balaban J connectivity index is 0.00000338. The standard InChI is InChI=1S/C17H25N3O5.ClH/c1-18-10-13-5-7-19(8-6-13)11-14-3-4-16(15(9-14)20(22)23)25-12-17(21)24-2;/h3-4,9,13,18H,5-8,10-12H2,1-2H3;1H. The summed E-state index contributed by atoms with van der Waals surface area (Å²) in [5, 5.41) is 14.5. The zero-order valence-electron chi connectivity index (χ0n) is 15.1. The van der Waals surface area contributed by atoms with Gasteiger partial charge in [-0.3, -0.25) is 15.0 Å². The summed E-state index contributed by atoms with van der Waals surface area (Å²) in [6.07, 6.45) is 2.26. The fourth-order valence-electron chi connectivity index (χ4n) is 3.02. The average Bonchev–Trinajstić information content (AvgIpc) is 2.62. The third-order valence-corrected chi connectivity index (χ3v) is 4.40. The van der Waals surface area contributed by atoms with Gasteiger partial charge in [-0.2, -0.15) is 0 Å². The molecular weight excluding hydrogens is 362 g/mol. The molecule has 1 saturated heterocycles. The number of nitro benzene ring substituents is 1. The molecule has 8 nitrogen and oxygen atoms in total. The molecule has 2 rings (SSSR count). The van der Waals surface area contributed by atoms with Gasteiger partial charge in [0.05, 0.1) is 12.0 Å². The van der Waals surface area contributed by atoms with Crippen molar-refractivity contribution in [2.24, 2.45) is 5.92 Å². The molecule has 0 radical (unpaired) electrons. The van der Waals surface area contributed by atoms with Crippen molar-refractivity contribution in [3.8, 4) is 5.75 Å². The van der Waals surface area contributed by atoms with E-state index in [0.717, 1.165) is 38.0 Å². The number of hydrogen-bond donors (Lipinski definition) is 1. The number of halogens is 1. The fraction of sp³-hybridized carbons (Fsp3) is 0.588. The van der Waals surface area contributed by atoms with Crippen molar-refractivity contribution in [1.29, 1.82) is 0 Å². The van der Waals surface area contributed by atoms with Crippen molar-refractivity contribution >= 4 is 24.1 Å². The maximum absolute atomic E-state index is 11.3. The quantitative estimate of drug-likeness (QED) is 0.414. The molecule has 1 heterocycles. The van der Waals surface area contributed by atoms with E-state index in [1.54, 1.807) is 12.1 Å². The molecule has 26 heavy (non-hydrogen) atoms. The molecule has 0 aromatic heterocycles. The van der Waals surface area contributed by atoms with Crippen LogP contribution in [0.25, 0.3) is 0 Å². The van der Waals surface area contributed by atoms with Crippen molar-refractivity contribution in [3.63, 3.8) is 0 Å². The molecule has 0 saturated carbocycles. The minimum absolute atomic E-state index is 0. The first-order valence-corrected chi connectivity index (χ1v) is 8.37. The minimum atomic E-state index is -0.581. The SMILES string of the molecule is CNCC1CCN(Cc2ccc(OCC(=O)OC)c([N+](=O)[O-])c2)CC1.Cl. The van der Waals surface area contributed by atoms with Crippen LogP contribution in [0, 0.1) is 16.0 Å². The Labute approximate surface area is 159 Å². The Morgan fingerprint density at radius 1 is 1.38 bits per heavy atom. The number of likely N-dealkylation sites (tertiary alicyclic amines) is 1. The van der Waals surface area contributed by atoms with Gasteiger partial charge in [-0.15, -0.1) is 12.4 Å². The largest absolute Gasteiger partial charge is 0.475 e. The lowest BCUT2D eigenvalue weighted by Gasteiger charge is -2.31. The third-order valence-electron chi connectivity index (χ3n) is 4.40. The van der Waals surface area contributed by atoms with Gasteiger partial charge in [0.25, 0.3) is 0 Å². The summed E-state index contributed by atoms with van der Waals surface area (Å²) in [5.41, 5.74) is 0.732. The number of nitrogens with one attached hydrogen (secondary N) is 1. The van der Waals surface area contributed by atoms with Gasteiger partial charge >= 0.3 is 11.7 Å². The van der Waals surface area contributed by atoms with E-state index in [-0.39, 0.29) is 30.5 Å². The third kappa shape index (κ3) is 6.44. The molecular formula is C17H26ClN3O5. The van der Waals surface area contributed by atoms with Crippen LogP contribution in [0.3, 0.4) is 0 Å². The second-order valence-corrected chi connectivity index (χ2v) is 6.20. The second kappa shape index (κ2) is 10.9. The zero-order valence-corrected chi connectivity index (χ0v) is 15.9. The summed E-state index contributed by atoms with van der Waals surface area (Å²) < 4.78 is 9.68. The van der Waals surface area contributed by atoms with Gasteiger partial charge in [0, 0.05) is 12.6 Å². The number of hydrogen-bond acceptors (Lipinski definition) is 7. The summed E-state index contributed by atoms with van der Waals surface area (Å²) >= 11 is 0. The molecule has 1 N–H and O–H groups in total. The number of nitro groups is 1. The van der Waals surface area contributed by atoms with Crippen LogP contribution < -0.4 is 10.1 Å². The van der Waals surface area contributed by atoms with Crippen LogP contribution in [-0.4, -0.2) is 56.2 Å². The van der Waals surface area contributed by atoms with E-state index in [1.165, 1.54) is 13.2 Å². The highest BCUT2D eigenvalue weighted by atomic mass is 35.5. The molecule has 0 bridgehead atoms. The van der Waals surface area contributed by atoms with E-state index in [1.807, 2.05) is 7.05 Å². The molecule has 1 fully saturated rings. The molecule has 0 atom stereocenters. The molecule has 1 aliphatic heterocycles. The smallest absolute Gasteiger partial charge is 0.343 e. The summed E-state index contributed by atoms with van der Waals surface area (Å²) in [7, 11) is 3.21. The number of nitrogens with zero attached hydrogens (tertiary/aromatic N) is 2. The van der Waals surface area contributed by atoms with Crippen molar-refractivity contribution < 1.29 is 19.2 Å². The Kier molecular flexibility index (Phi) is 9.32. The van der Waals surface area contributed by atoms with Crippen LogP contribution in [0.5, 0.6) is 5.75 Å². The number of piperidine rings is 1. The lowest BCUT2D eigenvalue weighted by molar-refractivity contribution is -0.385. The zero-order chi connectivity index (χ0) is 18.2. The number of carbonyl (C=O) groups is 1. The second-order valence-electron chi connectivity index (χ2n) is 6.20. The Morgan fingerprint density at radius 3 is 2.65 bits per heavy atom. The van der Waals surface area contributed by atoms with Crippen LogP contribution in [0.15, 0.2) is 18.2 Å². The predicted molar refractivity (Wildman–Crippen MR) is 99.8 cm³/mol. The van der Waals surface area contributed by atoms with E-state index >= 15 is 0 Å². The number of rotatable bonds is 8. The summed E-state index contributed by atoms with van der Waals surface area (Å²) in [6, 6.07) is 4.87. The lowest BCUT2D eigenvalue weighted by atomic mass is 9.96. The van der Waals surface area contributed by atoms with Crippen molar-refractivity contribution in [2.75, 3.05) is 40.4 Å². The highest BCUT2D eigenvalue weighted by Gasteiger charge is 2.21. The first kappa shape index (κ1) is 22.1. The molecule has 0 spiro atoms. The summed E-state index contributed by atoms with van der Waals surface area (Å²) in [4.78, 5) is 24.2. The molecule has 0 amide bonds. The highest BCUT2D eigenvalue weighted by Crippen LogP contribution is 2.29. The molecule has 1 aromatic carbocycles. The molecule has 1 aliphatic rings. The molecule has 0 unspecified atom stereocenters. The number of benzene rings is 1. The van der Waals surface area contributed by atoms with Crippen LogP contribution in [0.4, 0.5) is 5.69 Å². The maximum atomic E-state index is 11.3. The first-order chi connectivity index (χ1) is 12.0.